The molecule has 0 spiro atoms. The predicted octanol–water partition coefficient (Wildman–Crippen LogP) is 2.94. The second-order valence-electron chi connectivity index (χ2n) is 7.61. The van der Waals surface area contributed by atoms with Crippen molar-refractivity contribution in [2.75, 3.05) is 44.2 Å². The fourth-order valence-corrected chi connectivity index (χ4v) is 4.01. The first-order valence-electron chi connectivity index (χ1n) is 11.1. The highest BCUT2D eigenvalue weighted by atomic mass is 16.5. The van der Waals surface area contributed by atoms with Crippen LogP contribution in [-0.2, 0) is 0 Å². The van der Waals surface area contributed by atoms with E-state index in [1.54, 1.807) is 0 Å². The lowest BCUT2D eigenvalue weighted by Gasteiger charge is -2.38. The summed E-state index contributed by atoms with van der Waals surface area (Å²) in [6.07, 6.45) is -0.146. The van der Waals surface area contributed by atoms with Gasteiger partial charge in [0.1, 0.15) is 5.75 Å². The molecule has 0 aromatic heterocycles. The van der Waals surface area contributed by atoms with Gasteiger partial charge in [-0.15, -0.1) is 0 Å². The largest absolute Gasteiger partial charge is 0.493 e. The first-order valence-corrected chi connectivity index (χ1v) is 11.1. The summed E-state index contributed by atoms with van der Waals surface area (Å²) < 4.78 is 5.79. The van der Waals surface area contributed by atoms with Gasteiger partial charge >= 0.3 is 6.09 Å². The van der Waals surface area contributed by atoms with E-state index in [1.807, 2.05) is 49.4 Å². The van der Waals surface area contributed by atoms with Crippen LogP contribution in [-0.4, -0.2) is 62.5 Å². The zero-order chi connectivity index (χ0) is 22.9. The van der Waals surface area contributed by atoms with Crippen LogP contribution in [0.1, 0.15) is 30.6 Å². The maximum atomic E-state index is 13.2. The van der Waals surface area contributed by atoms with E-state index >= 15 is 0 Å². The molecule has 0 unspecified atom stereocenters. The van der Waals surface area contributed by atoms with Gasteiger partial charge in [-0.05, 0) is 37.1 Å². The number of benzene rings is 2. The van der Waals surface area contributed by atoms with Crippen molar-refractivity contribution in [2.24, 2.45) is 0 Å². The van der Waals surface area contributed by atoms with Gasteiger partial charge in [0.2, 0.25) is 0 Å². The van der Waals surface area contributed by atoms with E-state index in [4.69, 9.17) is 9.84 Å². The van der Waals surface area contributed by atoms with E-state index in [0.717, 1.165) is 48.6 Å². The Balaban J connectivity index is 1.96. The summed E-state index contributed by atoms with van der Waals surface area (Å²) in [6, 6.07) is 14.0. The van der Waals surface area contributed by atoms with Gasteiger partial charge in [-0.2, -0.15) is 0 Å². The number of carbonyl (C=O) groups is 2. The third-order valence-corrected chi connectivity index (χ3v) is 5.56. The lowest BCUT2D eigenvalue weighted by Crippen LogP contribution is -2.51. The molecule has 0 radical (unpaired) electrons. The van der Waals surface area contributed by atoms with Gasteiger partial charge in [-0.1, -0.05) is 31.2 Å². The Labute approximate surface area is 189 Å². The summed E-state index contributed by atoms with van der Waals surface area (Å²) in [5, 5.41) is 17.3. The molecular formula is C24H32N4O4. The fraction of sp³-hybridized carbons (Fsp3) is 0.417. The number of piperazine rings is 1. The van der Waals surface area contributed by atoms with Crippen LogP contribution < -0.4 is 25.6 Å². The van der Waals surface area contributed by atoms with E-state index < -0.39 is 6.09 Å². The van der Waals surface area contributed by atoms with Crippen molar-refractivity contribution in [1.82, 2.24) is 16.0 Å². The molecule has 172 valence electrons. The highest BCUT2D eigenvalue weighted by Crippen LogP contribution is 2.34. The molecule has 4 N–H and O–H groups in total. The minimum atomic E-state index is -1.11. The van der Waals surface area contributed by atoms with Crippen LogP contribution in [0.4, 0.5) is 10.5 Å². The monoisotopic (exact) mass is 440 g/mol. The van der Waals surface area contributed by atoms with Crippen molar-refractivity contribution >= 4 is 17.7 Å². The normalized spacial score (nSPS) is 15.8. The van der Waals surface area contributed by atoms with Crippen molar-refractivity contribution in [3.63, 3.8) is 0 Å². The maximum Gasteiger partial charge on any atom is 0.404 e. The molecule has 32 heavy (non-hydrogen) atoms. The Hall–Kier alpha value is -3.26. The lowest BCUT2D eigenvalue weighted by atomic mass is 9.98. The topological polar surface area (TPSA) is 103 Å². The van der Waals surface area contributed by atoms with E-state index in [1.165, 1.54) is 0 Å². The van der Waals surface area contributed by atoms with E-state index in [0.29, 0.717) is 18.2 Å². The fourth-order valence-electron chi connectivity index (χ4n) is 4.01. The summed E-state index contributed by atoms with van der Waals surface area (Å²) >= 11 is 0. The maximum absolute atomic E-state index is 13.2. The number of nitrogens with zero attached hydrogens (tertiary/aromatic N) is 1. The Morgan fingerprint density at radius 3 is 2.69 bits per heavy atom. The molecule has 2 aromatic rings. The summed E-state index contributed by atoms with van der Waals surface area (Å²) in [5.74, 6) is 0.546. The highest BCUT2D eigenvalue weighted by molar-refractivity contribution is 6.01. The Morgan fingerprint density at radius 1 is 1.16 bits per heavy atom. The van der Waals surface area contributed by atoms with Gasteiger partial charge < -0.3 is 30.7 Å². The zero-order valence-electron chi connectivity index (χ0n) is 18.7. The minimum Gasteiger partial charge on any atom is -0.493 e. The zero-order valence-corrected chi connectivity index (χ0v) is 18.7. The van der Waals surface area contributed by atoms with E-state index in [2.05, 4.69) is 27.8 Å². The van der Waals surface area contributed by atoms with Crippen molar-refractivity contribution < 1.29 is 19.4 Å². The number of para-hydroxylation sites is 1. The summed E-state index contributed by atoms with van der Waals surface area (Å²) in [7, 11) is 0. The summed E-state index contributed by atoms with van der Waals surface area (Å²) in [6.45, 7) is 7.54. The van der Waals surface area contributed by atoms with Gasteiger partial charge in [0, 0.05) is 50.0 Å². The van der Waals surface area contributed by atoms with Gasteiger partial charge in [0.05, 0.1) is 12.2 Å². The van der Waals surface area contributed by atoms with Crippen molar-refractivity contribution in [1.29, 1.82) is 0 Å². The molecule has 1 saturated heterocycles. The number of carbonyl (C=O) groups excluding carboxylic acids is 1. The Kier molecular flexibility index (Phi) is 8.33. The Bertz CT molecular complexity index is 934. The van der Waals surface area contributed by atoms with Crippen molar-refractivity contribution in [3.8, 4) is 16.9 Å². The Morgan fingerprint density at radius 2 is 1.94 bits per heavy atom. The molecular weight excluding hydrogens is 408 g/mol. The van der Waals surface area contributed by atoms with Crippen LogP contribution >= 0.6 is 0 Å². The second kappa shape index (κ2) is 11.4. The lowest BCUT2D eigenvalue weighted by molar-refractivity contribution is 0.0953. The molecule has 1 atom stereocenters. The molecule has 0 bridgehead atoms. The van der Waals surface area contributed by atoms with Crippen LogP contribution in [0.15, 0.2) is 42.5 Å². The van der Waals surface area contributed by atoms with Crippen LogP contribution in [0.3, 0.4) is 0 Å². The highest BCUT2D eigenvalue weighted by Gasteiger charge is 2.25. The number of hydrogen-bond acceptors (Lipinski definition) is 5. The number of amides is 2. The minimum absolute atomic E-state index is 0.147. The molecule has 2 aromatic carbocycles. The first kappa shape index (κ1) is 23.4. The van der Waals surface area contributed by atoms with E-state index in [-0.39, 0.29) is 19.0 Å². The molecule has 8 nitrogen and oxygen atoms in total. The smallest absolute Gasteiger partial charge is 0.404 e. The SMILES string of the molecule is CCOc1ccccc1-c1ccc(N2CCNC[C@H]2CC)c(C(=O)NCCNC(=O)O)c1. The average molecular weight is 441 g/mol. The molecule has 0 saturated carbocycles. The molecule has 3 rings (SSSR count). The third-order valence-electron chi connectivity index (χ3n) is 5.56. The van der Waals surface area contributed by atoms with Crippen LogP contribution in [0.25, 0.3) is 11.1 Å². The predicted molar refractivity (Wildman–Crippen MR) is 126 cm³/mol. The van der Waals surface area contributed by atoms with E-state index in [9.17, 15) is 9.59 Å². The van der Waals surface area contributed by atoms with Crippen LogP contribution in [0.5, 0.6) is 5.75 Å². The van der Waals surface area contributed by atoms with Crippen molar-refractivity contribution in [2.45, 2.75) is 26.3 Å². The number of nitrogens with one attached hydrogen (secondary N) is 3. The van der Waals surface area contributed by atoms with Gasteiger partial charge in [0.15, 0.2) is 0 Å². The molecule has 2 amide bonds. The van der Waals surface area contributed by atoms with Gasteiger partial charge in [-0.3, -0.25) is 4.79 Å². The number of carboxylic acid groups (broad SMARTS) is 1. The molecule has 1 heterocycles. The van der Waals surface area contributed by atoms with Crippen LogP contribution in [0.2, 0.25) is 0 Å². The van der Waals surface area contributed by atoms with Gasteiger partial charge in [-0.25, -0.2) is 4.79 Å². The number of hydrogen-bond donors (Lipinski definition) is 4. The summed E-state index contributed by atoms with van der Waals surface area (Å²) in [5.41, 5.74) is 3.29. The summed E-state index contributed by atoms with van der Waals surface area (Å²) in [4.78, 5) is 26.2. The molecule has 0 aliphatic carbocycles. The molecule has 1 aliphatic rings. The number of ether oxygens (including phenoxy) is 1. The molecule has 1 fully saturated rings. The van der Waals surface area contributed by atoms with Crippen LogP contribution in [0, 0.1) is 0 Å². The standard InChI is InChI=1S/C24H32N4O4/c1-3-18-16-25-13-14-28(18)21-10-9-17(19-7-5-6-8-22(19)32-4-2)15-20(21)23(29)26-11-12-27-24(30)31/h5-10,15,18,25,27H,3-4,11-14,16H2,1-2H3,(H,26,29)(H,30,31)/t18-/m1/s1. The molecule has 8 heteroatoms. The quantitative estimate of drug-likeness (QED) is 0.447. The van der Waals surface area contributed by atoms with Gasteiger partial charge in [0.25, 0.3) is 5.91 Å². The average Bonchev–Trinajstić information content (AvgIpc) is 2.82. The first-order chi connectivity index (χ1) is 15.5. The van der Waals surface area contributed by atoms with Crippen molar-refractivity contribution in [3.05, 3.63) is 48.0 Å². The second-order valence-corrected chi connectivity index (χ2v) is 7.61. The number of rotatable bonds is 9. The number of anilines is 1. The third kappa shape index (κ3) is 5.70. The molecule has 1 aliphatic heterocycles.